The number of nitrogens with zero attached hydrogens (tertiary/aromatic N) is 4. The predicted octanol–water partition coefficient (Wildman–Crippen LogP) is 3.58. The summed E-state index contributed by atoms with van der Waals surface area (Å²) < 4.78 is 10.8. The highest BCUT2D eigenvalue weighted by molar-refractivity contribution is 5.98. The summed E-state index contributed by atoms with van der Waals surface area (Å²) in [5, 5.41) is 10.3. The number of fused-ring (bicyclic) bond motifs is 1. The van der Waals surface area contributed by atoms with Gasteiger partial charge in [0.1, 0.15) is 5.82 Å². The zero-order chi connectivity index (χ0) is 29.4. The van der Waals surface area contributed by atoms with Gasteiger partial charge < -0.3 is 25.4 Å². The van der Waals surface area contributed by atoms with Crippen LogP contribution in [0.15, 0.2) is 72.8 Å². The first-order valence-electron chi connectivity index (χ1n) is 14.5. The second kappa shape index (κ2) is 13.7. The predicted molar refractivity (Wildman–Crippen MR) is 166 cm³/mol. The van der Waals surface area contributed by atoms with E-state index in [1.165, 1.54) is 0 Å². The van der Waals surface area contributed by atoms with E-state index in [0.29, 0.717) is 56.8 Å². The van der Waals surface area contributed by atoms with E-state index >= 15 is 0 Å². The molecule has 0 bridgehead atoms. The Morgan fingerprint density at radius 1 is 0.674 bits per heavy atom. The van der Waals surface area contributed by atoms with Crippen LogP contribution in [0.2, 0.25) is 0 Å². The molecule has 2 amide bonds. The lowest BCUT2D eigenvalue weighted by Gasteiger charge is -2.26. The van der Waals surface area contributed by atoms with Gasteiger partial charge in [0.05, 0.1) is 50.7 Å². The fraction of sp³-hybridized carbons (Fsp3) is 0.312. The Bertz CT molecular complexity index is 1570. The Hall–Kier alpha value is -4.42. The molecule has 3 heterocycles. The number of amides is 2. The van der Waals surface area contributed by atoms with Crippen molar-refractivity contribution in [1.29, 1.82) is 0 Å². The van der Waals surface area contributed by atoms with Crippen LogP contribution in [0.25, 0.3) is 22.3 Å². The molecule has 3 aromatic carbocycles. The van der Waals surface area contributed by atoms with Crippen molar-refractivity contribution in [3.05, 3.63) is 72.8 Å². The fourth-order valence-corrected chi connectivity index (χ4v) is 5.17. The van der Waals surface area contributed by atoms with Crippen molar-refractivity contribution < 1.29 is 19.1 Å². The number of carbonyl (C=O) groups is 2. The summed E-state index contributed by atoms with van der Waals surface area (Å²) in [6.45, 7) is 6.21. The lowest BCUT2D eigenvalue weighted by atomic mass is 10.1. The van der Waals surface area contributed by atoms with Gasteiger partial charge in [0, 0.05) is 48.5 Å². The van der Waals surface area contributed by atoms with Crippen LogP contribution >= 0.6 is 0 Å². The Morgan fingerprint density at radius 2 is 1.26 bits per heavy atom. The van der Waals surface area contributed by atoms with Crippen molar-refractivity contribution in [3.63, 3.8) is 0 Å². The van der Waals surface area contributed by atoms with Crippen molar-refractivity contribution in [2.75, 3.05) is 81.6 Å². The molecule has 6 rings (SSSR count). The number of rotatable bonds is 9. The van der Waals surface area contributed by atoms with E-state index in [1.54, 1.807) is 0 Å². The maximum absolute atomic E-state index is 12.9. The molecule has 2 aliphatic rings. The Labute approximate surface area is 250 Å². The van der Waals surface area contributed by atoms with E-state index in [-0.39, 0.29) is 11.8 Å². The van der Waals surface area contributed by atoms with Crippen LogP contribution in [0.4, 0.5) is 22.9 Å². The largest absolute Gasteiger partial charge is 0.379 e. The molecule has 2 aliphatic heterocycles. The first kappa shape index (κ1) is 28.7. The van der Waals surface area contributed by atoms with Gasteiger partial charge in [-0.05, 0) is 48.5 Å². The van der Waals surface area contributed by atoms with Gasteiger partial charge in [0.2, 0.25) is 11.8 Å². The molecule has 0 aliphatic carbocycles. The molecule has 2 saturated heterocycles. The quantitative estimate of drug-likeness (QED) is 0.272. The number of anilines is 4. The van der Waals surface area contributed by atoms with Crippen LogP contribution in [0.5, 0.6) is 0 Å². The third-order valence-corrected chi connectivity index (χ3v) is 7.42. The van der Waals surface area contributed by atoms with Crippen molar-refractivity contribution >= 4 is 45.6 Å². The number of hydrogen-bond acceptors (Lipinski definition) is 9. The smallest absolute Gasteiger partial charge is 0.238 e. The lowest BCUT2D eigenvalue weighted by molar-refractivity contribution is -0.119. The van der Waals surface area contributed by atoms with Crippen LogP contribution in [-0.4, -0.2) is 97.3 Å². The van der Waals surface area contributed by atoms with Gasteiger partial charge in [-0.15, -0.1) is 0 Å². The topological polar surface area (TPSA) is 121 Å². The fourth-order valence-electron chi connectivity index (χ4n) is 5.17. The van der Waals surface area contributed by atoms with Crippen LogP contribution in [0, 0.1) is 0 Å². The zero-order valence-electron chi connectivity index (χ0n) is 23.9. The molecule has 0 atom stereocenters. The Balaban J connectivity index is 1.19. The van der Waals surface area contributed by atoms with Crippen molar-refractivity contribution in [2.45, 2.75) is 0 Å². The standard InChI is InChI=1S/C32H35N7O4/c40-29(21-38-13-17-42-18-14-38)33-23-9-11-24(12-10-23)34-31-26-6-2-4-8-28(26)36-32(37-31)25-5-1-3-7-27(25)35-30(41)22-39-15-19-43-20-16-39/h1-12H,13-22H2,(H,33,40)(H,35,41)(H,34,36,37). The van der Waals surface area contributed by atoms with E-state index < -0.39 is 0 Å². The number of morpholine rings is 2. The monoisotopic (exact) mass is 581 g/mol. The number of nitrogens with one attached hydrogen (secondary N) is 3. The second-order valence-electron chi connectivity index (χ2n) is 10.5. The van der Waals surface area contributed by atoms with Crippen molar-refractivity contribution in [3.8, 4) is 11.4 Å². The molecule has 0 saturated carbocycles. The highest BCUT2D eigenvalue weighted by Gasteiger charge is 2.18. The van der Waals surface area contributed by atoms with E-state index in [2.05, 4.69) is 25.8 Å². The van der Waals surface area contributed by atoms with Gasteiger partial charge in [-0.1, -0.05) is 24.3 Å². The lowest BCUT2D eigenvalue weighted by Crippen LogP contribution is -2.41. The zero-order valence-corrected chi connectivity index (χ0v) is 23.9. The Kier molecular flexibility index (Phi) is 9.14. The molecule has 2 fully saturated rings. The van der Waals surface area contributed by atoms with Crippen molar-refractivity contribution in [2.24, 2.45) is 0 Å². The molecule has 0 spiro atoms. The number of aromatic nitrogens is 2. The van der Waals surface area contributed by atoms with Crippen LogP contribution in [0.3, 0.4) is 0 Å². The van der Waals surface area contributed by atoms with Gasteiger partial charge >= 0.3 is 0 Å². The number of carbonyl (C=O) groups excluding carboxylic acids is 2. The van der Waals surface area contributed by atoms with Gasteiger partial charge in [-0.2, -0.15) is 0 Å². The first-order valence-corrected chi connectivity index (χ1v) is 14.5. The molecular formula is C32H35N7O4. The maximum atomic E-state index is 12.9. The average molecular weight is 582 g/mol. The third kappa shape index (κ3) is 7.51. The highest BCUT2D eigenvalue weighted by Crippen LogP contribution is 2.31. The van der Waals surface area contributed by atoms with E-state index in [4.69, 9.17) is 19.4 Å². The van der Waals surface area contributed by atoms with Crippen LogP contribution in [0.1, 0.15) is 0 Å². The number of benzene rings is 3. The van der Waals surface area contributed by atoms with Gasteiger partial charge in [0.15, 0.2) is 5.82 Å². The molecule has 3 N–H and O–H groups in total. The molecule has 222 valence electrons. The minimum absolute atomic E-state index is 0.0512. The summed E-state index contributed by atoms with van der Waals surface area (Å²) in [6.07, 6.45) is 0. The molecular weight excluding hydrogens is 546 g/mol. The minimum atomic E-state index is -0.0920. The Morgan fingerprint density at radius 3 is 1.95 bits per heavy atom. The number of ether oxygens (including phenoxy) is 2. The van der Waals surface area contributed by atoms with Crippen LogP contribution in [-0.2, 0) is 19.1 Å². The summed E-state index contributed by atoms with van der Waals surface area (Å²) in [6, 6.07) is 22.9. The van der Waals surface area contributed by atoms with Gasteiger partial charge in [-0.3, -0.25) is 19.4 Å². The van der Waals surface area contributed by atoms with E-state index in [1.807, 2.05) is 72.8 Å². The molecule has 11 heteroatoms. The third-order valence-electron chi connectivity index (χ3n) is 7.42. The molecule has 1 aromatic heterocycles. The normalized spacial score (nSPS) is 16.1. The first-order chi connectivity index (χ1) is 21.1. The highest BCUT2D eigenvalue weighted by atomic mass is 16.5. The summed E-state index contributed by atoms with van der Waals surface area (Å²) >= 11 is 0. The molecule has 43 heavy (non-hydrogen) atoms. The van der Waals surface area contributed by atoms with E-state index in [0.717, 1.165) is 54.0 Å². The minimum Gasteiger partial charge on any atom is -0.379 e. The summed E-state index contributed by atoms with van der Waals surface area (Å²) in [4.78, 5) is 39.3. The second-order valence-corrected chi connectivity index (χ2v) is 10.5. The van der Waals surface area contributed by atoms with Gasteiger partial charge in [-0.25, -0.2) is 9.97 Å². The number of para-hydroxylation sites is 2. The van der Waals surface area contributed by atoms with Gasteiger partial charge in [0.25, 0.3) is 0 Å². The molecule has 0 radical (unpaired) electrons. The van der Waals surface area contributed by atoms with E-state index in [9.17, 15) is 9.59 Å². The molecule has 11 nitrogen and oxygen atoms in total. The molecule has 0 unspecified atom stereocenters. The van der Waals surface area contributed by atoms with Crippen LogP contribution < -0.4 is 16.0 Å². The molecule has 4 aromatic rings. The maximum Gasteiger partial charge on any atom is 0.238 e. The SMILES string of the molecule is O=C(CN1CCOCC1)Nc1ccc(Nc2nc(-c3ccccc3NC(=O)CN3CCOCC3)nc3ccccc23)cc1. The summed E-state index contributed by atoms with van der Waals surface area (Å²) in [5.41, 5.74) is 3.69. The number of hydrogen-bond donors (Lipinski definition) is 3. The average Bonchev–Trinajstić information content (AvgIpc) is 3.03. The van der Waals surface area contributed by atoms with Crippen molar-refractivity contribution in [1.82, 2.24) is 19.8 Å². The summed E-state index contributed by atoms with van der Waals surface area (Å²) in [7, 11) is 0. The summed E-state index contributed by atoms with van der Waals surface area (Å²) in [5.74, 6) is 0.991.